The van der Waals surface area contributed by atoms with Gasteiger partial charge in [0.15, 0.2) is 18.0 Å². The summed E-state index contributed by atoms with van der Waals surface area (Å²) in [6.07, 6.45) is 4.70. The Morgan fingerprint density at radius 1 is 1.32 bits per heavy atom. The maximum absolute atomic E-state index is 11.9. The second kappa shape index (κ2) is 7.25. The van der Waals surface area contributed by atoms with Crippen LogP contribution in [0.5, 0.6) is 5.75 Å². The number of nitrogens with one attached hydrogen (secondary N) is 1. The molecule has 1 amide bonds. The lowest BCUT2D eigenvalue weighted by molar-refractivity contribution is -0.123. The summed E-state index contributed by atoms with van der Waals surface area (Å²) in [4.78, 5) is 16.5. The van der Waals surface area contributed by atoms with Gasteiger partial charge in [-0.15, -0.1) is 0 Å². The zero-order valence-corrected chi connectivity index (χ0v) is 14.4. The van der Waals surface area contributed by atoms with Gasteiger partial charge in [0, 0.05) is 29.7 Å². The normalized spacial score (nSPS) is 12.1. The zero-order chi connectivity index (χ0) is 17.8. The van der Waals surface area contributed by atoms with Crippen molar-refractivity contribution in [3.05, 3.63) is 48.8 Å². The number of nitrogens with zero attached hydrogens (tertiary/aromatic N) is 2. The highest BCUT2D eigenvalue weighted by atomic mass is 16.5. The summed E-state index contributed by atoms with van der Waals surface area (Å²) >= 11 is 0. The smallest absolute Gasteiger partial charge is 0.258 e. The number of rotatable bonds is 6. The highest BCUT2D eigenvalue weighted by molar-refractivity contribution is 5.78. The number of amides is 1. The number of hydrogen-bond acceptors (Lipinski definition) is 4. The molecule has 1 atom stereocenters. The highest BCUT2D eigenvalue weighted by Crippen LogP contribution is 2.25. The zero-order valence-electron chi connectivity index (χ0n) is 14.4. The minimum atomic E-state index is -0.137. The molecule has 0 spiro atoms. The summed E-state index contributed by atoms with van der Waals surface area (Å²) < 4.78 is 7.56. The first-order chi connectivity index (χ1) is 12.1. The predicted octanol–water partition coefficient (Wildman–Crippen LogP) is 2.88. The van der Waals surface area contributed by atoms with Crippen LogP contribution in [0.4, 0.5) is 5.69 Å². The first-order valence-corrected chi connectivity index (χ1v) is 8.32. The number of carbonyl (C=O) groups is 1. The van der Waals surface area contributed by atoms with E-state index in [-0.39, 0.29) is 18.6 Å². The molecule has 2 heterocycles. The molecular weight excluding hydrogens is 316 g/mol. The van der Waals surface area contributed by atoms with E-state index >= 15 is 0 Å². The van der Waals surface area contributed by atoms with Gasteiger partial charge >= 0.3 is 0 Å². The Morgan fingerprint density at radius 2 is 2.08 bits per heavy atom. The van der Waals surface area contributed by atoms with E-state index in [1.54, 1.807) is 0 Å². The summed E-state index contributed by atoms with van der Waals surface area (Å²) in [5, 5.41) is 2.88. The Balaban J connectivity index is 1.80. The van der Waals surface area contributed by atoms with Crippen LogP contribution in [0, 0.1) is 0 Å². The molecule has 0 aliphatic rings. The fourth-order valence-electron chi connectivity index (χ4n) is 2.45. The summed E-state index contributed by atoms with van der Waals surface area (Å²) in [5.74, 6) is 0.435. The summed E-state index contributed by atoms with van der Waals surface area (Å²) in [7, 11) is 0. The van der Waals surface area contributed by atoms with Gasteiger partial charge in [0.25, 0.3) is 5.91 Å². The van der Waals surface area contributed by atoms with Gasteiger partial charge in [-0.2, -0.15) is 0 Å². The maximum atomic E-state index is 11.9. The number of pyridine rings is 1. The standard InChI is InChI=1S/C19H22N4O2/c1-3-13(2)21-18(24)12-25-17-5-4-10-23-11-16(22-19(17)23)14-6-8-15(20)9-7-14/h4-11,13H,3,12,20H2,1-2H3,(H,21,24). The molecule has 6 nitrogen and oxygen atoms in total. The van der Waals surface area contributed by atoms with Crippen LogP contribution in [0.3, 0.4) is 0 Å². The van der Waals surface area contributed by atoms with E-state index in [9.17, 15) is 4.79 Å². The molecule has 0 saturated heterocycles. The van der Waals surface area contributed by atoms with Crippen LogP contribution in [0.15, 0.2) is 48.8 Å². The molecule has 130 valence electrons. The van der Waals surface area contributed by atoms with Crippen molar-refractivity contribution in [2.24, 2.45) is 0 Å². The SMILES string of the molecule is CCC(C)NC(=O)COc1cccn2cc(-c3ccc(N)cc3)nc12. The van der Waals surface area contributed by atoms with Crippen molar-refractivity contribution in [1.82, 2.24) is 14.7 Å². The quantitative estimate of drug-likeness (QED) is 0.677. The van der Waals surface area contributed by atoms with E-state index in [4.69, 9.17) is 10.5 Å². The number of aromatic nitrogens is 2. The van der Waals surface area contributed by atoms with Crippen molar-refractivity contribution in [1.29, 1.82) is 0 Å². The number of nitrogens with two attached hydrogens (primary N) is 1. The number of ether oxygens (including phenoxy) is 1. The number of fused-ring (bicyclic) bond motifs is 1. The summed E-state index contributed by atoms with van der Waals surface area (Å²) in [5.41, 5.74) is 8.91. The average Bonchev–Trinajstić information content (AvgIpc) is 3.05. The van der Waals surface area contributed by atoms with E-state index in [1.807, 2.05) is 67.0 Å². The molecule has 0 radical (unpaired) electrons. The molecule has 3 aromatic rings. The Bertz CT molecular complexity index is 871. The number of anilines is 1. The van der Waals surface area contributed by atoms with Crippen LogP contribution in [0.25, 0.3) is 16.9 Å². The van der Waals surface area contributed by atoms with Crippen LogP contribution in [-0.2, 0) is 4.79 Å². The predicted molar refractivity (Wildman–Crippen MR) is 98.4 cm³/mol. The van der Waals surface area contributed by atoms with Gasteiger partial charge in [0.1, 0.15) is 0 Å². The average molecular weight is 338 g/mol. The fraction of sp³-hybridized carbons (Fsp3) is 0.263. The van der Waals surface area contributed by atoms with Crippen molar-refractivity contribution in [2.45, 2.75) is 26.3 Å². The summed E-state index contributed by atoms with van der Waals surface area (Å²) in [6, 6.07) is 11.4. The van der Waals surface area contributed by atoms with Crippen LogP contribution in [0.1, 0.15) is 20.3 Å². The summed E-state index contributed by atoms with van der Waals surface area (Å²) in [6.45, 7) is 3.95. The van der Waals surface area contributed by atoms with Gasteiger partial charge in [0.05, 0.1) is 5.69 Å². The molecule has 3 rings (SSSR count). The van der Waals surface area contributed by atoms with Gasteiger partial charge in [-0.1, -0.05) is 19.1 Å². The number of hydrogen-bond donors (Lipinski definition) is 2. The molecule has 1 aromatic carbocycles. The van der Waals surface area contributed by atoms with E-state index in [2.05, 4.69) is 10.3 Å². The van der Waals surface area contributed by atoms with Crippen molar-refractivity contribution in [3.8, 4) is 17.0 Å². The maximum Gasteiger partial charge on any atom is 0.258 e. The van der Waals surface area contributed by atoms with Gasteiger partial charge < -0.3 is 20.2 Å². The number of imidazole rings is 1. The number of nitrogen functional groups attached to an aromatic ring is 1. The van der Waals surface area contributed by atoms with Crippen molar-refractivity contribution in [3.63, 3.8) is 0 Å². The van der Waals surface area contributed by atoms with Gasteiger partial charge in [-0.05, 0) is 37.6 Å². The van der Waals surface area contributed by atoms with Gasteiger partial charge in [-0.25, -0.2) is 4.98 Å². The molecule has 3 N–H and O–H groups in total. The second-order valence-electron chi connectivity index (χ2n) is 6.02. The van der Waals surface area contributed by atoms with E-state index in [0.717, 1.165) is 17.7 Å². The monoisotopic (exact) mass is 338 g/mol. The first kappa shape index (κ1) is 16.8. The highest BCUT2D eigenvalue weighted by Gasteiger charge is 2.11. The lowest BCUT2D eigenvalue weighted by Crippen LogP contribution is -2.35. The third-order valence-corrected chi connectivity index (χ3v) is 4.03. The van der Waals surface area contributed by atoms with E-state index in [1.165, 1.54) is 0 Å². The largest absolute Gasteiger partial charge is 0.480 e. The third kappa shape index (κ3) is 3.91. The molecule has 0 bridgehead atoms. The lowest BCUT2D eigenvalue weighted by Gasteiger charge is -2.12. The van der Waals surface area contributed by atoms with Gasteiger partial charge in [-0.3, -0.25) is 4.79 Å². The minimum absolute atomic E-state index is 0.0337. The van der Waals surface area contributed by atoms with Crippen LogP contribution in [-0.4, -0.2) is 27.9 Å². The van der Waals surface area contributed by atoms with Crippen molar-refractivity contribution >= 4 is 17.2 Å². The Kier molecular flexibility index (Phi) is 4.88. The molecular formula is C19H22N4O2. The second-order valence-corrected chi connectivity index (χ2v) is 6.02. The molecule has 0 fully saturated rings. The van der Waals surface area contributed by atoms with E-state index < -0.39 is 0 Å². The molecule has 2 aromatic heterocycles. The Labute approximate surface area is 146 Å². The van der Waals surface area contributed by atoms with E-state index in [0.29, 0.717) is 17.1 Å². The molecule has 0 aliphatic heterocycles. The Hall–Kier alpha value is -3.02. The Morgan fingerprint density at radius 3 is 2.80 bits per heavy atom. The van der Waals surface area contributed by atoms with Crippen LogP contribution >= 0.6 is 0 Å². The van der Waals surface area contributed by atoms with Crippen molar-refractivity contribution in [2.75, 3.05) is 12.3 Å². The fourth-order valence-corrected chi connectivity index (χ4v) is 2.45. The molecule has 6 heteroatoms. The third-order valence-electron chi connectivity index (χ3n) is 4.03. The van der Waals surface area contributed by atoms with Gasteiger partial charge in [0.2, 0.25) is 0 Å². The number of benzene rings is 1. The minimum Gasteiger partial charge on any atom is -0.480 e. The first-order valence-electron chi connectivity index (χ1n) is 8.32. The molecule has 0 saturated carbocycles. The topological polar surface area (TPSA) is 81.6 Å². The molecule has 1 unspecified atom stereocenters. The van der Waals surface area contributed by atoms with Crippen molar-refractivity contribution < 1.29 is 9.53 Å². The van der Waals surface area contributed by atoms with Crippen LogP contribution < -0.4 is 15.8 Å². The van der Waals surface area contributed by atoms with Crippen LogP contribution in [0.2, 0.25) is 0 Å². The molecule has 0 aliphatic carbocycles. The molecule has 25 heavy (non-hydrogen) atoms. The number of carbonyl (C=O) groups excluding carboxylic acids is 1. The lowest BCUT2D eigenvalue weighted by atomic mass is 10.1.